The van der Waals surface area contributed by atoms with Crippen LogP contribution < -0.4 is 10.3 Å². The molecular formula is C21H20Cl3N5O2. The van der Waals surface area contributed by atoms with Crippen molar-refractivity contribution in [1.82, 2.24) is 15.1 Å². The van der Waals surface area contributed by atoms with E-state index in [2.05, 4.69) is 15.5 Å². The highest BCUT2D eigenvalue weighted by molar-refractivity contribution is 6.68. The number of amides is 1. The number of para-hydroxylation sites is 2. The second kappa shape index (κ2) is 10.5. The van der Waals surface area contributed by atoms with Gasteiger partial charge in [0.15, 0.2) is 6.17 Å². The molecule has 31 heavy (non-hydrogen) atoms. The van der Waals surface area contributed by atoms with Crippen LogP contribution in [0.2, 0.25) is 0 Å². The van der Waals surface area contributed by atoms with Crippen molar-refractivity contribution in [2.24, 2.45) is 5.10 Å². The number of anilines is 1. The summed E-state index contributed by atoms with van der Waals surface area (Å²) in [4.78, 5) is 12.1. The molecule has 0 fully saturated rings. The second-order valence-corrected chi connectivity index (χ2v) is 8.66. The summed E-state index contributed by atoms with van der Waals surface area (Å²) in [7, 11) is 0. The fraction of sp³-hybridized carbons (Fsp3) is 0.190. The Morgan fingerprint density at radius 3 is 2.45 bits per heavy atom. The first-order valence-corrected chi connectivity index (χ1v) is 10.5. The minimum Gasteiger partial charge on any atom is -0.450 e. The van der Waals surface area contributed by atoms with Gasteiger partial charge in [0, 0.05) is 11.8 Å². The van der Waals surface area contributed by atoms with Crippen LogP contribution in [-0.2, 0) is 4.74 Å². The maximum atomic E-state index is 12.1. The highest BCUT2D eigenvalue weighted by Gasteiger charge is 2.39. The van der Waals surface area contributed by atoms with Crippen LogP contribution in [0.5, 0.6) is 0 Å². The lowest BCUT2D eigenvalue weighted by Gasteiger charge is -2.33. The first kappa shape index (κ1) is 22.9. The largest absolute Gasteiger partial charge is 0.450 e. The number of hydrogen-bond donors (Lipinski definition) is 1. The van der Waals surface area contributed by atoms with Crippen LogP contribution in [0.3, 0.4) is 0 Å². The number of alkyl carbamates (subject to hydrolysis) is 1. The molecule has 3 rings (SSSR count). The molecule has 0 saturated carbocycles. The number of alkyl halides is 3. The Morgan fingerprint density at radius 1 is 1.19 bits per heavy atom. The summed E-state index contributed by atoms with van der Waals surface area (Å²) in [5.41, 5.74) is 2.22. The number of hydrogen-bond acceptors (Lipinski definition) is 5. The van der Waals surface area contributed by atoms with Gasteiger partial charge in [-0.3, -0.25) is 5.32 Å². The van der Waals surface area contributed by atoms with Crippen LogP contribution in [0, 0.1) is 0 Å². The standard InChI is InChI=1S/C21H20Cl3N5O2/c1-2-31-20(30)27-19(21(22,23)24)29(18-11-7-4-8-12-18)26-14-16-13-25-28(15-16)17-9-5-3-6-10-17/h3-15,19H,2H2,1H3,(H,27,30)/b26-14+. The van der Waals surface area contributed by atoms with Crippen molar-refractivity contribution < 1.29 is 9.53 Å². The fourth-order valence-corrected chi connectivity index (χ4v) is 3.12. The predicted octanol–water partition coefficient (Wildman–Crippen LogP) is 5.16. The van der Waals surface area contributed by atoms with Gasteiger partial charge in [-0.25, -0.2) is 14.5 Å². The van der Waals surface area contributed by atoms with Crippen molar-refractivity contribution in [1.29, 1.82) is 0 Å². The lowest BCUT2D eigenvalue weighted by molar-refractivity contribution is 0.147. The number of benzene rings is 2. The van der Waals surface area contributed by atoms with Gasteiger partial charge in [-0.05, 0) is 31.2 Å². The van der Waals surface area contributed by atoms with Crippen molar-refractivity contribution in [3.63, 3.8) is 0 Å². The number of nitrogens with one attached hydrogen (secondary N) is 1. The summed E-state index contributed by atoms with van der Waals surface area (Å²) < 4.78 is 4.76. The summed E-state index contributed by atoms with van der Waals surface area (Å²) in [6.45, 7) is 1.85. The second-order valence-electron chi connectivity index (χ2n) is 6.29. The average molecular weight is 481 g/mol. The molecule has 0 aliphatic carbocycles. The summed E-state index contributed by atoms with van der Waals surface area (Å²) in [5.74, 6) is 0. The Hall–Kier alpha value is -2.74. The maximum Gasteiger partial charge on any atom is 0.408 e. The monoisotopic (exact) mass is 479 g/mol. The van der Waals surface area contributed by atoms with Crippen LogP contribution in [0.25, 0.3) is 5.69 Å². The summed E-state index contributed by atoms with van der Waals surface area (Å²) in [6, 6.07) is 18.7. The quantitative estimate of drug-likeness (QED) is 0.220. The van der Waals surface area contributed by atoms with Gasteiger partial charge in [0.2, 0.25) is 3.79 Å². The van der Waals surface area contributed by atoms with Crippen LogP contribution in [0.15, 0.2) is 78.2 Å². The van der Waals surface area contributed by atoms with Crippen molar-refractivity contribution in [2.45, 2.75) is 16.9 Å². The van der Waals surface area contributed by atoms with Gasteiger partial charge in [0.25, 0.3) is 0 Å². The summed E-state index contributed by atoms with van der Waals surface area (Å²) in [5, 5.41) is 12.8. The number of rotatable bonds is 7. The van der Waals surface area contributed by atoms with Crippen LogP contribution in [0.4, 0.5) is 10.5 Å². The zero-order chi connectivity index (χ0) is 22.3. The van der Waals surface area contributed by atoms with Crippen molar-refractivity contribution in [3.8, 4) is 5.69 Å². The first-order chi connectivity index (χ1) is 14.9. The molecule has 1 atom stereocenters. The van der Waals surface area contributed by atoms with E-state index in [-0.39, 0.29) is 6.61 Å². The van der Waals surface area contributed by atoms with Gasteiger partial charge in [-0.15, -0.1) is 0 Å². The number of hydrazone groups is 1. The highest BCUT2D eigenvalue weighted by atomic mass is 35.6. The van der Waals surface area contributed by atoms with E-state index >= 15 is 0 Å². The van der Waals surface area contributed by atoms with E-state index in [4.69, 9.17) is 39.5 Å². The molecule has 0 bridgehead atoms. The smallest absolute Gasteiger partial charge is 0.408 e. The Labute approximate surface area is 195 Å². The Balaban J connectivity index is 1.92. The molecule has 0 saturated heterocycles. The third-order valence-electron chi connectivity index (χ3n) is 4.06. The predicted molar refractivity (Wildman–Crippen MR) is 124 cm³/mol. The number of ether oxygens (including phenoxy) is 1. The average Bonchev–Trinajstić information content (AvgIpc) is 3.23. The summed E-state index contributed by atoms with van der Waals surface area (Å²) >= 11 is 18.5. The minimum atomic E-state index is -1.91. The Kier molecular flexibility index (Phi) is 7.79. The lowest BCUT2D eigenvalue weighted by Crippen LogP contribution is -2.54. The van der Waals surface area contributed by atoms with E-state index in [0.29, 0.717) is 11.3 Å². The topological polar surface area (TPSA) is 71.8 Å². The van der Waals surface area contributed by atoms with Crippen molar-refractivity contribution in [3.05, 3.63) is 78.6 Å². The Bertz CT molecular complexity index is 1010. The molecule has 0 aliphatic rings. The third-order valence-corrected chi connectivity index (χ3v) is 4.68. The molecule has 7 nitrogen and oxygen atoms in total. The minimum absolute atomic E-state index is 0.172. The number of nitrogens with zero attached hydrogens (tertiary/aromatic N) is 4. The molecule has 1 heterocycles. The molecule has 1 amide bonds. The number of halogens is 3. The van der Waals surface area contributed by atoms with E-state index in [1.165, 1.54) is 5.01 Å². The zero-order valence-corrected chi connectivity index (χ0v) is 18.8. The Morgan fingerprint density at radius 2 is 1.84 bits per heavy atom. The highest BCUT2D eigenvalue weighted by Crippen LogP contribution is 2.34. The molecule has 0 spiro atoms. The lowest BCUT2D eigenvalue weighted by atomic mass is 10.3. The van der Waals surface area contributed by atoms with Crippen LogP contribution in [-0.4, -0.2) is 38.7 Å². The number of carbonyl (C=O) groups excluding carboxylic acids is 1. The van der Waals surface area contributed by atoms with Crippen LogP contribution in [0.1, 0.15) is 12.5 Å². The van der Waals surface area contributed by atoms with E-state index in [9.17, 15) is 4.79 Å². The molecule has 1 N–H and O–H groups in total. The van der Waals surface area contributed by atoms with Gasteiger partial charge >= 0.3 is 6.09 Å². The number of carbonyl (C=O) groups is 1. The molecular weight excluding hydrogens is 461 g/mol. The first-order valence-electron chi connectivity index (χ1n) is 9.37. The van der Waals surface area contributed by atoms with E-state index in [0.717, 1.165) is 5.69 Å². The normalized spacial score (nSPS) is 12.5. The SMILES string of the molecule is CCOC(=O)NC(N(/N=C/c1cnn(-c2ccccc2)c1)c1ccccc1)C(Cl)(Cl)Cl. The van der Waals surface area contributed by atoms with Crippen molar-refractivity contribution in [2.75, 3.05) is 11.6 Å². The van der Waals surface area contributed by atoms with Crippen molar-refractivity contribution >= 4 is 52.8 Å². The van der Waals surface area contributed by atoms with E-state index in [1.807, 2.05) is 54.7 Å². The molecule has 0 aliphatic heterocycles. The molecule has 1 aromatic heterocycles. The van der Waals surface area contributed by atoms with Gasteiger partial charge < -0.3 is 4.74 Å². The molecule has 2 aromatic carbocycles. The molecule has 0 radical (unpaired) electrons. The maximum absolute atomic E-state index is 12.1. The number of aromatic nitrogens is 2. The third kappa shape index (κ3) is 6.37. The molecule has 10 heteroatoms. The zero-order valence-electron chi connectivity index (χ0n) is 16.5. The molecule has 3 aromatic rings. The molecule has 1 unspecified atom stereocenters. The van der Waals surface area contributed by atoms with Gasteiger partial charge in [0.05, 0.1) is 30.4 Å². The summed E-state index contributed by atoms with van der Waals surface area (Å²) in [6.07, 6.45) is 3.16. The van der Waals surface area contributed by atoms with Gasteiger partial charge in [0.1, 0.15) is 0 Å². The van der Waals surface area contributed by atoms with E-state index in [1.54, 1.807) is 36.1 Å². The fourth-order valence-electron chi connectivity index (χ4n) is 2.68. The van der Waals surface area contributed by atoms with Gasteiger partial charge in [-0.1, -0.05) is 71.2 Å². The van der Waals surface area contributed by atoms with Gasteiger partial charge in [-0.2, -0.15) is 10.2 Å². The van der Waals surface area contributed by atoms with Crippen LogP contribution >= 0.6 is 34.8 Å². The molecule has 162 valence electrons. The van der Waals surface area contributed by atoms with E-state index < -0.39 is 16.1 Å².